The first-order valence-corrected chi connectivity index (χ1v) is 8.28. The Kier molecular flexibility index (Phi) is 5.12. The molecule has 2 aromatic carbocycles. The second kappa shape index (κ2) is 7.49. The van der Waals surface area contributed by atoms with Crippen LogP contribution in [0.4, 0.5) is 26.1 Å². The number of rotatable bonds is 4. The Morgan fingerprint density at radius 1 is 0.852 bits per heavy atom. The summed E-state index contributed by atoms with van der Waals surface area (Å²) in [6.07, 6.45) is 0. The van der Waals surface area contributed by atoms with Gasteiger partial charge in [0.05, 0.1) is 0 Å². The van der Waals surface area contributed by atoms with E-state index >= 15 is 0 Å². The average molecular weight is 368 g/mol. The van der Waals surface area contributed by atoms with Crippen molar-refractivity contribution in [1.29, 1.82) is 0 Å². The van der Waals surface area contributed by atoms with Crippen molar-refractivity contribution in [1.82, 2.24) is 9.97 Å². The van der Waals surface area contributed by atoms with Crippen molar-refractivity contribution in [3.63, 3.8) is 0 Å². The minimum Gasteiger partial charge on any atom is -0.324 e. The van der Waals surface area contributed by atoms with E-state index in [-0.39, 0.29) is 17.3 Å². The first kappa shape index (κ1) is 18.4. The van der Waals surface area contributed by atoms with E-state index in [2.05, 4.69) is 20.6 Å². The maximum absolute atomic E-state index is 13.3. The van der Waals surface area contributed by atoms with E-state index in [1.54, 1.807) is 6.92 Å². The molecule has 5 nitrogen and oxygen atoms in total. The number of halogens is 2. The molecule has 1 aromatic heterocycles. The summed E-state index contributed by atoms with van der Waals surface area (Å²) in [6.45, 7) is 5.75. The summed E-state index contributed by atoms with van der Waals surface area (Å²) in [5, 5.41) is 5.57. The molecule has 7 heteroatoms. The minimum absolute atomic E-state index is 0.110. The Morgan fingerprint density at radius 2 is 1.59 bits per heavy atom. The van der Waals surface area contributed by atoms with Crippen LogP contribution in [0.3, 0.4) is 0 Å². The molecule has 0 unspecified atom stereocenters. The molecule has 0 bridgehead atoms. The van der Waals surface area contributed by atoms with Crippen LogP contribution in [0.1, 0.15) is 27.3 Å². The lowest BCUT2D eigenvalue weighted by atomic mass is 10.1. The summed E-state index contributed by atoms with van der Waals surface area (Å²) >= 11 is 0. The summed E-state index contributed by atoms with van der Waals surface area (Å²) in [6, 6.07) is 10.5. The molecule has 3 aromatic rings. The molecule has 0 atom stereocenters. The van der Waals surface area contributed by atoms with Crippen LogP contribution in [0, 0.1) is 32.4 Å². The fourth-order valence-corrected chi connectivity index (χ4v) is 2.46. The van der Waals surface area contributed by atoms with Crippen molar-refractivity contribution in [2.45, 2.75) is 20.8 Å². The lowest BCUT2D eigenvalue weighted by Crippen LogP contribution is -2.15. The number of amides is 1. The Labute approximate surface area is 155 Å². The van der Waals surface area contributed by atoms with Crippen LogP contribution in [0.2, 0.25) is 0 Å². The summed E-state index contributed by atoms with van der Waals surface area (Å²) in [7, 11) is 0. The number of nitrogens with one attached hydrogen (secondary N) is 2. The maximum Gasteiger partial charge on any atom is 0.274 e. The Balaban J connectivity index is 1.82. The molecule has 0 fully saturated rings. The number of hydrogen-bond acceptors (Lipinski definition) is 4. The molecule has 0 saturated heterocycles. The molecular weight excluding hydrogens is 350 g/mol. The predicted octanol–water partition coefficient (Wildman–Crippen LogP) is 4.68. The second-order valence-corrected chi connectivity index (χ2v) is 6.23. The van der Waals surface area contributed by atoms with Crippen LogP contribution in [-0.2, 0) is 0 Å². The van der Waals surface area contributed by atoms with Gasteiger partial charge in [0.1, 0.15) is 5.69 Å². The zero-order valence-electron chi connectivity index (χ0n) is 15.1. The summed E-state index contributed by atoms with van der Waals surface area (Å²) in [5.41, 5.74) is 3.92. The number of carbonyl (C=O) groups is 1. The third kappa shape index (κ3) is 4.44. The summed E-state index contributed by atoms with van der Waals surface area (Å²) < 4.78 is 26.3. The zero-order chi connectivity index (χ0) is 19.6. The Hall–Kier alpha value is -3.35. The highest BCUT2D eigenvalue weighted by atomic mass is 19.2. The van der Waals surface area contributed by atoms with Crippen molar-refractivity contribution in [2.75, 3.05) is 10.6 Å². The standard InChI is InChI=1S/C20H18F2N4O/c1-11-4-5-14(8-12(11)2)25-20-23-13(3)9-18(26-20)19(27)24-15-6-7-16(21)17(22)10-15/h4-10H,1-3H3,(H,24,27)(H,23,25,26). The summed E-state index contributed by atoms with van der Waals surface area (Å²) in [4.78, 5) is 20.9. The van der Waals surface area contributed by atoms with E-state index in [4.69, 9.17) is 0 Å². The lowest BCUT2D eigenvalue weighted by molar-refractivity contribution is 0.102. The van der Waals surface area contributed by atoms with Gasteiger partial charge in [0.25, 0.3) is 5.91 Å². The highest BCUT2D eigenvalue weighted by molar-refractivity contribution is 6.03. The largest absolute Gasteiger partial charge is 0.324 e. The fraction of sp³-hybridized carbons (Fsp3) is 0.150. The van der Waals surface area contributed by atoms with Gasteiger partial charge in [-0.15, -0.1) is 0 Å². The molecule has 3 rings (SSSR count). The van der Waals surface area contributed by atoms with E-state index in [9.17, 15) is 13.6 Å². The van der Waals surface area contributed by atoms with E-state index in [0.29, 0.717) is 5.69 Å². The molecule has 0 aliphatic heterocycles. The Bertz CT molecular complexity index is 1020. The normalized spacial score (nSPS) is 10.6. The second-order valence-electron chi connectivity index (χ2n) is 6.23. The fourth-order valence-electron chi connectivity index (χ4n) is 2.46. The predicted molar refractivity (Wildman–Crippen MR) is 100 cm³/mol. The van der Waals surface area contributed by atoms with Crippen LogP contribution in [0.5, 0.6) is 0 Å². The molecule has 0 aliphatic rings. The van der Waals surface area contributed by atoms with Gasteiger partial charge in [0.15, 0.2) is 11.6 Å². The third-order valence-electron chi connectivity index (χ3n) is 4.03. The molecule has 2 N–H and O–H groups in total. The van der Waals surface area contributed by atoms with Crippen LogP contribution in [0.15, 0.2) is 42.5 Å². The van der Waals surface area contributed by atoms with Gasteiger partial charge in [-0.3, -0.25) is 4.79 Å². The van der Waals surface area contributed by atoms with E-state index in [1.807, 2.05) is 32.0 Å². The van der Waals surface area contributed by atoms with E-state index in [1.165, 1.54) is 12.1 Å². The lowest BCUT2D eigenvalue weighted by Gasteiger charge is -2.10. The molecule has 1 amide bonds. The van der Waals surface area contributed by atoms with Crippen molar-refractivity contribution in [3.05, 3.63) is 76.6 Å². The molecular formula is C20H18F2N4O. The van der Waals surface area contributed by atoms with Gasteiger partial charge in [0, 0.05) is 23.1 Å². The quantitative estimate of drug-likeness (QED) is 0.702. The number of hydrogen-bond donors (Lipinski definition) is 2. The molecule has 0 spiro atoms. The van der Waals surface area contributed by atoms with Gasteiger partial charge in [-0.2, -0.15) is 0 Å². The zero-order valence-corrected chi connectivity index (χ0v) is 15.1. The van der Waals surface area contributed by atoms with Gasteiger partial charge in [-0.25, -0.2) is 18.7 Å². The first-order chi connectivity index (χ1) is 12.8. The molecule has 27 heavy (non-hydrogen) atoms. The number of anilines is 3. The topological polar surface area (TPSA) is 66.9 Å². The molecule has 0 radical (unpaired) electrons. The van der Waals surface area contributed by atoms with Crippen molar-refractivity contribution >= 4 is 23.2 Å². The van der Waals surface area contributed by atoms with Gasteiger partial charge in [-0.1, -0.05) is 6.07 Å². The van der Waals surface area contributed by atoms with Gasteiger partial charge < -0.3 is 10.6 Å². The van der Waals surface area contributed by atoms with Crippen LogP contribution in [0.25, 0.3) is 0 Å². The monoisotopic (exact) mass is 368 g/mol. The maximum atomic E-state index is 13.3. The van der Waals surface area contributed by atoms with Crippen molar-refractivity contribution in [2.24, 2.45) is 0 Å². The SMILES string of the molecule is Cc1cc(C(=O)Nc2ccc(F)c(F)c2)nc(Nc2ccc(C)c(C)c2)n1. The highest BCUT2D eigenvalue weighted by Gasteiger charge is 2.13. The minimum atomic E-state index is -1.04. The number of aryl methyl sites for hydroxylation is 3. The van der Waals surface area contributed by atoms with Crippen LogP contribution >= 0.6 is 0 Å². The molecule has 1 heterocycles. The van der Waals surface area contributed by atoms with Crippen molar-refractivity contribution in [3.8, 4) is 0 Å². The molecule has 0 saturated carbocycles. The van der Waals surface area contributed by atoms with E-state index < -0.39 is 17.5 Å². The number of carbonyl (C=O) groups excluding carboxylic acids is 1. The van der Waals surface area contributed by atoms with Gasteiger partial charge in [-0.05, 0) is 62.2 Å². The molecule has 0 aliphatic carbocycles. The smallest absolute Gasteiger partial charge is 0.274 e. The highest BCUT2D eigenvalue weighted by Crippen LogP contribution is 2.19. The third-order valence-corrected chi connectivity index (χ3v) is 4.03. The Morgan fingerprint density at radius 3 is 2.30 bits per heavy atom. The number of benzene rings is 2. The number of nitrogens with zero attached hydrogens (tertiary/aromatic N) is 2. The van der Waals surface area contributed by atoms with E-state index in [0.717, 1.165) is 28.9 Å². The van der Waals surface area contributed by atoms with Crippen molar-refractivity contribution < 1.29 is 13.6 Å². The number of aromatic nitrogens is 2. The average Bonchev–Trinajstić information content (AvgIpc) is 2.61. The van der Waals surface area contributed by atoms with Crippen LogP contribution < -0.4 is 10.6 Å². The first-order valence-electron chi connectivity index (χ1n) is 8.28. The van der Waals surface area contributed by atoms with Gasteiger partial charge in [0.2, 0.25) is 5.95 Å². The van der Waals surface area contributed by atoms with Gasteiger partial charge >= 0.3 is 0 Å². The van der Waals surface area contributed by atoms with Crippen LogP contribution in [-0.4, -0.2) is 15.9 Å². The summed E-state index contributed by atoms with van der Waals surface area (Å²) in [5.74, 6) is -2.29. The molecule has 138 valence electrons.